The Morgan fingerprint density at radius 3 is 2.47 bits per heavy atom. The van der Waals surface area contributed by atoms with E-state index in [1.807, 2.05) is 30.7 Å². The first-order chi connectivity index (χ1) is 7.88. The van der Waals surface area contributed by atoms with Gasteiger partial charge in [0, 0.05) is 19.6 Å². The summed E-state index contributed by atoms with van der Waals surface area (Å²) in [7, 11) is 1.85. The Bertz CT molecular complexity index is 248. The molecule has 100 valence electrons. The van der Waals surface area contributed by atoms with E-state index in [0.717, 1.165) is 0 Å². The highest BCUT2D eigenvalue weighted by Gasteiger charge is 2.26. The van der Waals surface area contributed by atoms with Crippen molar-refractivity contribution in [2.75, 3.05) is 33.2 Å². The van der Waals surface area contributed by atoms with Crippen molar-refractivity contribution in [2.45, 2.75) is 39.1 Å². The van der Waals surface area contributed by atoms with Gasteiger partial charge in [-0.3, -0.25) is 9.69 Å². The van der Waals surface area contributed by atoms with E-state index in [2.05, 4.69) is 0 Å². The standard InChI is InChI=1S/C12H24N2O3/c1-9(15)5-13(4)8-12(16)14-6-10(2)17-11(3)7-14/h9-11,15H,5-8H2,1-4H3. The van der Waals surface area contributed by atoms with Crippen LogP contribution in [0.15, 0.2) is 0 Å². The molecule has 0 spiro atoms. The lowest BCUT2D eigenvalue weighted by Gasteiger charge is -2.36. The molecule has 5 nitrogen and oxygen atoms in total. The third kappa shape index (κ3) is 5.02. The molecule has 5 heteroatoms. The van der Waals surface area contributed by atoms with Gasteiger partial charge in [-0.05, 0) is 27.8 Å². The normalized spacial score (nSPS) is 27.3. The zero-order valence-corrected chi connectivity index (χ0v) is 11.2. The van der Waals surface area contributed by atoms with Gasteiger partial charge in [0.1, 0.15) is 0 Å². The second-order valence-corrected chi connectivity index (χ2v) is 5.10. The van der Waals surface area contributed by atoms with Crippen LogP contribution >= 0.6 is 0 Å². The molecule has 3 atom stereocenters. The zero-order chi connectivity index (χ0) is 13.0. The number of carbonyl (C=O) groups excluding carboxylic acids is 1. The topological polar surface area (TPSA) is 53.0 Å². The molecule has 1 rings (SSSR count). The van der Waals surface area contributed by atoms with Gasteiger partial charge in [-0.25, -0.2) is 0 Å². The molecular weight excluding hydrogens is 220 g/mol. The van der Waals surface area contributed by atoms with Gasteiger partial charge >= 0.3 is 0 Å². The van der Waals surface area contributed by atoms with E-state index in [1.54, 1.807) is 6.92 Å². The molecule has 17 heavy (non-hydrogen) atoms. The highest BCUT2D eigenvalue weighted by Crippen LogP contribution is 2.10. The predicted octanol–water partition coefficient (Wildman–Crippen LogP) is -0.0652. The number of aliphatic hydroxyl groups is 1. The lowest BCUT2D eigenvalue weighted by molar-refractivity contribution is -0.144. The largest absolute Gasteiger partial charge is 0.392 e. The van der Waals surface area contributed by atoms with Crippen LogP contribution < -0.4 is 0 Å². The zero-order valence-electron chi connectivity index (χ0n) is 11.2. The van der Waals surface area contributed by atoms with Gasteiger partial charge in [-0.1, -0.05) is 0 Å². The Kier molecular flexibility index (Phi) is 5.36. The summed E-state index contributed by atoms with van der Waals surface area (Å²) in [6.45, 7) is 7.87. The minimum Gasteiger partial charge on any atom is -0.392 e. The van der Waals surface area contributed by atoms with E-state index >= 15 is 0 Å². The van der Waals surface area contributed by atoms with Crippen LogP contribution in [0.3, 0.4) is 0 Å². The fourth-order valence-electron chi connectivity index (χ4n) is 2.23. The Hall–Kier alpha value is -0.650. The van der Waals surface area contributed by atoms with Crippen LogP contribution in [0.2, 0.25) is 0 Å². The van der Waals surface area contributed by atoms with Crippen molar-refractivity contribution in [1.82, 2.24) is 9.80 Å². The van der Waals surface area contributed by atoms with Gasteiger partial charge < -0.3 is 14.7 Å². The monoisotopic (exact) mass is 244 g/mol. The summed E-state index contributed by atoms with van der Waals surface area (Å²) in [6, 6.07) is 0. The van der Waals surface area contributed by atoms with Crippen molar-refractivity contribution >= 4 is 5.91 Å². The fraction of sp³-hybridized carbons (Fsp3) is 0.917. The molecule has 1 N–H and O–H groups in total. The maximum Gasteiger partial charge on any atom is 0.236 e. The van der Waals surface area contributed by atoms with Gasteiger partial charge in [0.25, 0.3) is 0 Å². The second-order valence-electron chi connectivity index (χ2n) is 5.10. The number of hydrogen-bond donors (Lipinski definition) is 1. The molecule has 1 amide bonds. The average molecular weight is 244 g/mol. The number of ether oxygens (including phenoxy) is 1. The van der Waals surface area contributed by atoms with Crippen LogP contribution in [0, 0.1) is 0 Å². The van der Waals surface area contributed by atoms with Crippen LogP contribution in [0.5, 0.6) is 0 Å². The van der Waals surface area contributed by atoms with Gasteiger partial charge in [-0.15, -0.1) is 0 Å². The number of rotatable bonds is 4. The van der Waals surface area contributed by atoms with E-state index in [1.165, 1.54) is 0 Å². The van der Waals surface area contributed by atoms with E-state index in [9.17, 15) is 9.90 Å². The summed E-state index contributed by atoms with van der Waals surface area (Å²) in [5.41, 5.74) is 0. The molecule has 0 aromatic heterocycles. The summed E-state index contributed by atoms with van der Waals surface area (Å²) in [4.78, 5) is 15.7. The van der Waals surface area contributed by atoms with Crippen molar-refractivity contribution in [3.63, 3.8) is 0 Å². The SMILES string of the molecule is CC(O)CN(C)CC(=O)N1CC(C)OC(C)C1. The summed E-state index contributed by atoms with van der Waals surface area (Å²) in [5, 5.41) is 9.24. The van der Waals surface area contributed by atoms with Crippen molar-refractivity contribution in [3.05, 3.63) is 0 Å². The third-order valence-electron chi connectivity index (χ3n) is 2.75. The molecule has 1 aliphatic heterocycles. The minimum atomic E-state index is -0.407. The van der Waals surface area contributed by atoms with Gasteiger partial charge in [0.05, 0.1) is 24.9 Å². The molecule has 0 aromatic rings. The fourth-order valence-corrected chi connectivity index (χ4v) is 2.23. The van der Waals surface area contributed by atoms with Gasteiger partial charge in [0.2, 0.25) is 5.91 Å². The van der Waals surface area contributed by atoms with E-state index < -0.39 is 6.10 Å². The minimum absolute atomic E-state index is 0.102. The molecule has 0 aliphatic carbocycles. The first kappa shape index (κ1) is 14.4. The van der Waals surface area contributed by atoms with Crippen LogP contribution in [0.4, 0.5) is 0 Å². The molecule has 1 fully saturated rings. The summed E-state index contributed by atoms with van der Waals surface area (Å²) < 4.78 is 5.59. The Morgan fingerprint density at radius 2 is 2.00 bits per heavy atom. The number of morpholine rings is 1. The molecule has 3 unspecified atom stereocenters. The number of carbonyl (C=O) groups is 1. The van der Waals surface area contributed by atoms with Crippen molar-refractivity contribution in [1.29, 1.82) is 0 Å². The van der Waals surface area contributed by atoms with Crippen molar-refractivity contribution in [3.8, 4) is 0 Å². The maximum atomic E-state index is 12.0. The molecular formula is C12H24N2O3. The maximum absolute atomic E-state index is 12.0. The van der Waals surface area contributed by atoms with Gasteiger partial charge in [-0.2, -0.15) is 0 Å². The molecule has 0 radical (unpaired) electrons. The number of hydrogen-bond acceptors (Lipinski definition) is 4. The van der Waals surface area contributed by atoms with Crippen LogP contribution in [0.25, 0.3) is 0 Å². The molecule has 0 aromatic carbocycles. The lowest BCUT2D eigenvalue weighted by Crippen LogP contribution is -2.51. The molecule has 0 saturated carbocycles. The molecule has 1 saturated heterocycles. The van der Waals surface area contributed by atoms with Crippen LogP contribution in [-0.4, -0.2) is 72.4 Å². The second kappa shape index (κ2) is 6.33. The highest BCUT2D eigenvalue weighted by atomic mass is 16.5. The Balaban J connectivity index is 2.41. The average Bonchev–Trinajstić information content (AvgIpc) is 2.14. The Morgan fingerprint density at radius 1 is 1.47 bits per heavy atom. The van der Waals surface area contributed by atoms with Crippen LogP contribution in [-0.2, 0) is 9.53 Å². The van der Waals surface area contributed by atoms with Crippen molar-refractivity contribution < 1.29 is 14.6 Å². The summed E-state index contributed by atoms with van der Waals surface area (Å²) in [5.74, 6) is 0.107. The number of nitrogens with zero attached hydrogens (tertiary/aromatic N) is 2. The summed E-state index contributed by atoms with van der Waals surface area (Å²) >= 11 is 0. The quantitative estimate of drug-likeness (QED) is 0.752. The first-order valence-electron chi connectivity index (χ1n) is 6.18. The van der Waals surface area contributed by atoms with E-state index in [-0.39, 0.29) is 18.1 Å². The number of amides is 1. The number of aliphatic hydroxyl groups excluding tert-OH is 1. The number of likely N-dealkylation sites (N-methyl/N-ethyl adjacent to an activating group) is 1. The predicted molar refractivity (Wildman–Crippen MR) is 65.8 cm³/mol. The van der Waals surface area contributed by atoms with Crippen molar-refractivity contribution in [2.24, 2.45) is 0 Å². The van der Waals surface area contributed by atoms with Gasteiger partial charge in [0.15, 0.2) is 0 Å². The summed E-state index contributed by atoms with van der Waals surface area (Å²) in [6.07, 6.45) is -0.204. The highest BCUT2D eigenvalue weighted by molar-refractivity contribution is 5.78. The third-order valence-corrected chi connectivity index (χ3v) is 2.75. The van der Waals surface area contributed by atoms with E-state index in [4.69, 9.17) is 4.74 Å². The lowest BCUT2D eigenvalue weighted by atomic mass is 10.2. The van der Waals surface area contributed by atoms with E-state index in [0.29, 0.717) is 26.2 Å². The molecule has 1 aliphatic rings. The Labute approximate surface area is 103 Å². The van der Waals surface area contributed by atoms with Crippen LogP contribution in [0.1, 0.15) is 20.8 Å². The molecule has 0 bridgehead atoms. The smallest absolute Gasteiger partial charge is 0.236 e. The first-order valence-corrected chi connectivity index (χ1v) is 6.18. The molecule has 1 heterocycles.